The summed E-state index contributed by atoms with van der Waals surface area (Å²) >= 11 is 1.26. The van der Waals surface area contributed by atoms with Crippen LogP contribution in [-0.2, 0) is 4.79 Å². The van der Waals surface area contributed by atoms with Gasteiger partial charge in [0.15, 0.2) is 0 Å². The second-order valence-corrected chi connectivity index (χ2v) is 4.03. The number of hydrogen-bond donors (Lipinski definition) is 1. The third-order valence-corrected chi connectivity index (χ3v) is 3.13. The van der Waals surface area contributed by atoms with Crippen molar-refractivity contribution in [3.05, 3.63) is 30.3 Å². The minimum atomic E-state index is -0.129. The van der Waals surface area contributed by atoms with E-state index in [0.717, 1.165) is 4.90 Å². The van der Waals surface area contributed by atoms with Gasteiger partial charge in [0.2, 0.25) is 5.12 Å². The van der Waals surface area contributed by atoms with Gasteiger partial charge in [-0.15, -0.1) is 0 Å². The molecule has 1 aromatic carbocycles. The van der Waals surface area contributed by atoms with Crippen molar-refractivity contribution >= 4 is 26.3 Å². The molecule has 0 aromatic heterocycles. The van der Waals surface area contributed by atoms with Crippen molar-refractivity contribution in [2.45, 2.75) is 17.9 Å². The Morgan fingerprint density at radius 3 is 2.62 bits per heavy atom. The third-order valence-electron chi connectivity index (χ3n) is 1.57. The quantitative estimate of drug-likeness (QED) is 0.615. The second-order valence-electron chi connectivity index (χ2n) is 2.62. The first-order valence-electron chi connectivity index (χ1n) is 3.97. The van der Waals surface area contributed by atoms with Crippen LogP contribution in [0, 0.1) is 0 Å². The van der Waals surface area contributed by atoms with Gasteiger partial charge in [-0.2, -0.15) is 0 Å². The minimum absolute atomic E-state index is 0.126. The topological polar surface area (TPSA) is 29.1 Å². The fourth-order valence-electron chi connectivity index (χ4n) is 0.761. The summed E-state index contributed by atoms with van der Waals surface area (Å²) in [5.41, 5.74) is 0. The van der Waals surface area contributed by atoms with Crippen LogP contribution in [0.5, 0.6) is 0 Å². The Kier molecular flexibility index (Phi) is 4.43. The van der Waals surface area contributed by atoms with Gasteiger partial charge in [0, 0.05) is 4.90 Å². The molecule has 0 aliphatic carbocycles. The molecular formula is C9H12NOPS. The molecule has 0 radical (unpaired) electrons. The number of nitrogens with one attached hydrogen (secondary N) is 1. The molecule has 0 amide bonds. The van der Waals surface area contributed by atoms with Crippen molar-refractivity contribution in [3.63, 3.8) is 0 Å². The molecule has 1 unspecified atom stereocenters. The van der Waals surface area contributed by atoms with Crippen molar-refractivity contribution in [2.75, 3.05) is 0 Å². The Bertz CT molecular complexity index is 278. The lowest BCUT2D eigenvalue weighted by molar-refractivity contribution is -0.112. The van der Waals surface area contributed by atoms with Crippen LogP contribution in [0.15, 0.2) is 35.2 Å². The zero-order chi connectivity index (χ0) is 9.68. The maximum absolute atomic E-state index is 11.4. The lowest BCUT2D eigenvalue weighted by Crippen LogP contribution is -2.23. The molecule has 0 aliphatic heterocycles. The molecule has 70 valence electrons. The zero-order valence-corrected chi connectivity index (χ0v) is 9.33. The van der Waals surface area contributed by atoms with Crippen molar-refractivity contribution in [1.82, 2.24) is 5.09 Å². The molecule has 13 heavy (non-hydrogen) atoms. The lowest BCUT2D eigenvalue weighted by atomic mass is 10.4. The number of hydrogen-bond acceptors (Lipinski definition) is 3. The van der Waals surface area contributed by atoms with E-state index in [1.54, 1.807) is 0 Å². The summed E-state index contributed by atoms with van der Waals surface area (Å²) in [4.78, 5) is 12.4. The SMILES string of the molecule is C[C@H](NP)C(=O)Sc1ccccc1. The Balaban J connectivity index is 2.55. The molecule has 4 heteroatoms. The Morgan fingerprint density at radius 1 is 1.46 bits per heavy atom. The molecule has 0 spiro atoms. The van der Waals surface area contributed by atoms with Gasteiger partial charge >= 0.3 is 0 Å². The van der Waals surface area contributed by atoms with E-state index in [9.17, 15) is 4.79 Å². The maximum atomic E-state index is 11.4. The van der Waals surface area contributed by atoms with E-state index in [2.05, 4.69) is 14.5 Å². The molecule has 1 N–H and O–H groups in total. The highest BCUT2D eigenvalue weighted by Gasteiger charge is 2.11. The monoisotopic (exact) mass is 213 g/mol. The summed E-state index contributed by atoms with van der Waals surface area (Å²) in [6.07, 6.45) is 0. The molecule has 1 rings (SSSR count). The summed E-state index contributed by atoms with van der Waals surface area (Å²) in [6.45, 7) is 1.84. The number of carbonyl (C=O) groups is 1. The molecule has 0 aliphatic rings. The summed E-state index contributed by atoms with van der Waals surface area (Å²) < 4.78 is 0. The number of thioether (sulfide) groups is 1. The van der Waals surface area contributed by atoms with E-state index in [4.69, 9.17) is 0 Å². The smallest absolute Gasteiger partial charge is 0.210 e. The van der Waals surface area contributed by atoms with E-state index >= 15 is 0 Å². The van der Waals surface area contributed by atoms with Gasteiger partial charge in [-0.3, -0.25) is 9.88 Å². The first-order chi connectivity index (χ1) is 6.24. The predicted molar refractivity (Wildman–Crippen MR) is 59.6 cm³/mol. The van der Waals surface area contributed by atoms with Crippen molar-refractivity contribution < 1.29 is 4.79 Å². The van der Waals surface area contributed by atoms with Crippen LogP contribution < -0.4 is 5.09 Å². The zero-order valence-electron chi connectivity index (χ0n) is 7.36. The summed E-state index contributed by atoms with van der Waals surface area (Å²) in [6, 6.07) is 9.51. The van der Waals surface area contributed by atoms with Crippen molar-refractivity contribution in [3.8, 4) is 0 Å². The first kappa shape index (κ1) is 10.7. The van der Waals surface area contributed by atoms with Gasteiger partial charge in [-0.1, -0.05) is 39.4 Å². The molecule has 2 atom stereocenters. The van der Waals surface area contributed by atoms with Crippen LogP contribution in [0.1, 0.15) is 6.92 Å². The van der Waals surface area contributed by atoms with Crippen molar-refractivity contribution in [1.29, 1.82) is 0 Å². The highest BCUT2D eigenvalue weighted by Crippen LogP contribution is 2.19. The molecule has 0 saturated carbocycles. The van der Waals surface area contributed by atoms with Crippen LogP contribution in [0.2, 0.25) is 0 Å². The second kappa shape index (κ2) is 5.38. The Hall–Kier alpha value is -0.370. The standard InChI is InChI=1S/C9H12NOPS/c1-7(10-12)9(11)13-8-5-3-2-4-6-8/h2-7,10H,12H2,1H3/t7-/m0/s1. The third kappa shape index (κ3) is 3.47. The van der Waals surface area contributed by atoms with Gasteiger partial charge in [-0.05, 0) is 19.1 Å². The summed E-state index contributed by atoms with van der Waals surface area (Å²) in [7, 11) is 2.35. The summed E-state index contributed by atoms with van der Waals surface area (Å²) in [5.74, 6) is 0. The fourth-order valence-corrected chi connectivity index (χ4v) is 1.80. The van der Waals surface area contributed by atoms with E-state index in [-0.39, 0.29) is 11.2 Å². The highest BCUT2D eigenvalue weighted by atomic mass is 32.2. The molecule has 0 bridgehead atoms. The maximum Gasteiger partial charge on any atom is 0.210 e. The van der Waals surface area contributed by atoms with Crippen LogP contribution in [-0.4, -0.2) is 11.2 Å². The van der Waals surface area contributed by atoms with Crippen LogP contribution in [0.4, 0.5) is 0 Å². The molecule has 1 aromatic rings. The average Bonchev–Trinajstić information content (AvgIpc) is 2.18. The Morgan fingerprint density at radius 2 is 2.08 bits per heavy atom. The molecular weight excluding hydrogens is 201 g/mol. The van der Waals surface area contributed by atoms with Gasteiger partial charge in [0.1, 0.15) is 0 Å². The number of rotatable bonds is 3. The first-order valence-corrected chi connectivity index (χ1v) is 5.36. The van der Waals surface area contributed by atoms with E-state index in [0.29, 0.717) is 0 Å². The van der Waals surface area contributed by atoms with Gasteiger partial charge in [0.05, 0.1) is 6.04 Å². The summed E-state index contributed by atoms with van der Waals surface area (Å²) in [5, 5.41) is 2.96. The molecule has 2 nitrogen and oxygen atoms in total. The molecule has 0 saturated heterocycles. The van der Waals surface area contributed by atoms with Crippen LogP contribution >= 0.6 is 21.2 Å². The highest BCUT2D eigenvalue weighted by molar-refractivity contribution is 8.13. The molecule has 0 heterocycles. The van der Waals surface area contributed by atoms with E-state index in [1.807, 2.05) is 37.3 Å². The largest absolute Gasteiger partial charge is 0.290 e. The van der Waals surface area contributed by atoms with Crippen molar-refractivity contribution in [2.24, 2.45) is 0 Å². The van der Waals surface area contributed by atoms with E-state index in [1.165, 1.54) is 11.8 Å². The fraction of sp³-hybridized carbons (Fsp3) is 0.222. The number of benzene rings is 1. The minimum Gasteiger partial charge on any atom is -0.290 e. The number of carbonyl (C=O) groups excluding carboxylic acids is 1. The van der Waals surface area contributed by atoms with Gasteiger partial charge in [0.25, 0.3) is 0 Å². The van der Waals surface area contributed by atoms with E-state index < -0.39 is 0 Å². The van der Waals surface area contributed by atoms with Crippen LogP contribution in [0.3, 0.4) is 0 Å². The normalized spacial score (nSPS) is 12.5. The van der Waals surface area contributed by atoms with Crippen LogP contribution in [0.25, 0.3) is 0 Å². The predicted octanol–water partition coefficient (Wildman–Crippen LogP) is 2.07. The van der Waals surface area contributed by atoms with Gasteiger partial charge < -0.3 is 0 Å². The average molecular weight is 213 g/mol. The van der Waals surface area contributed by atoms with Gasteiger partial charge in [-0.25, -0.2) is 0 Å². The Labute approximate surface area is 84.7 Å². The lowest BCUT2D eigenvalue weighted by Gasteiger charge is -2.07. The molecule has 0 fully saturated rings.